The number of rotatable bonds is 3. The van der Waals surface area contributed by atoms with Gasteiger partial charge in [0.1, 0.15) is 6.29 Å². The SMILES string of the molecule is O=CC1C[C@H](C2=CCC(Cl)C=C2)[C@H](c2ccc(Cl)cc2Cl)C1. The van der Waals surface area contributed by atoms with Crippen LogP contribution >= 0.6 is 34.8 Å². The highest BCUT2D eigenvalue weighted by Gasteiger charge is 2.37. The van der Waals surface area contributed by atoms with Crippen molar-refractivity contribution < 1.29 is 4.79 Å². The molecule has 0 N–H and O–H groups in total. The van der Waals surface area contributed by atoms with E-state index in [2.05, 4.69) is 12.2 Å². The molecule has 3 rings (SSSR count). The molecule has 1 aromatic rings. The fraction of sp³-hybridized carbons (Fsp3) is 0.389. The van der Waals surface area contributed by atoms with Gasteiger partial charge < -0.3 is 4.79 Å². The van der Waals surface area contributed by atoms with Gasteiger partial charge in [0.2, 0.25) is 0 Å². The molecule has 1 aromatic carbocycles. The Bertz CT molecular complexity index is 635. The van der Waals surface area contributed by atoms with Crippen LogP contribution in [0.15, 0.2) is 42.0 Å². The van der Waals surface area contributed by atoms with Gasteiger partial charge >= 0.3 is 0 Å². The third kappa shape index (κ3) is 3.27. The van der Waals surface area contributed by atoms with E-state index in [4.69, 9.17) is 34.8 Å². The number of aldehydes is 1. The van der Waals surface area contributed by atoms with Crippen molar-refractivity contribution in [2.75, 3.05) is 0 Å². The van der Waals surface area contributed by atoms with Gasteiger partial charge in [-0.3, -0.25) is 0 Å². The third-order valence-corrected chi connectivity index (χ3v) is 5.54. The van der Waals surface area contributed by atoms with E-state index < -0.39 is 0 Å². The largest absolute Gasteiger partial charge is 0.303 e. The van der Waals surface area contributed by atoms with Crippen LogP contribution in [0.2, 0.25) is 10.0 Å². The van der Waals surface area contributed by atoms with Crippen LogP contribution in [-0.4, -0.2) is 11.7 Å². The van der Waals surface area contributed by atoms with Gasteiger partial charge in [-0.2, -0.15) is 0 Å². The van der Waals surface area contributed by atoms with Crippen molar-refractivity contribution >= 4 is 41.1 Å². The maximum Gasteiger partial charge on any atom is 0.123 e. The van der Waals surface area contributed by atoms with E-state index in [0.717, 1.165) is 31.1 Å². The standard InChI is InChI=1S/C18H17Cl3O/c19-13-3-1-12(2-4-13)16-7-11(10-22)8-17(16)15-6-5-14(20)9-18(15)21/h1-3,5-6,9-11,13,16-17H,4,7-8H2/t11?,13?,16-,17+/m1/s1. The fourth-order valence-corrected chi connectivity index (χ4v) is 4.30. The van der Waals surface area contributed by atoms with Crippen molar-refractivity contribution in [3.8, 4) is 0 Å². The van der Waals surface area contributed by atoms with Crippen LogP contribution in [0.5, 0.6) is 0 Å². The molecule has 1 nitrogen and oxygen atoms in total. The lowest BCUT2D eigenvalue weighted by molar-refractivity contribution is -0.110. The van der Waals surface area contributed by atoms with Gasteiger partial charge in [0.05, 0.1) is 5.38 Å². The van der Waals surface area contributed by atoms with Crippen LogP contribution in [0.25, 0.3) is 0 Å². The van der Waals surface area contributed by atoms with Crippen molar-refractivity contribution in [1.29, 1.82) is 0 Å². The zero-order valence-corrected chi connectivity index (χ0v) is 14.3. The normalized spacial score (nSPS) is 31.1. The molecular weight excluding hydrogens is 339 g/mol. The summed E-state index contributed by atoms with van der Waals surface area (Å²) in [6.07, 6.45) is 9.97. The summed E-state index contributed by atoms with van der Waals surface area (Å²) < 4.78 is 0. The Morgan fingerprint density at radius 1 is 1.14 bits per heavy atom. The van der Waals surface area contributed by atoms with E-state index in [1.807, 2.05) is 18.2 Å². The second-order valence-electron chi connectivity index (χ2n) is 6.06. The molecule has 0 amide bonds. The zero-order chi connectivity index (χ0) is 15.7. The molecule has 0 saturated heterocycles. The molecule has 1 saturated carbocycles. The Morgan fingerprint density at radius 3 is 2.55 bits per heavy atom. The summed E-state index contributed by atoms with van der Waals surface area (Å²) >= 11 is 18.5. The number of carbonyl (C=O) groups is 1. The van der Waals surface area contributed by atoms with Crippen LogP contribution < -0.4 is 0 Å². The van der Waals surface area contributed by atoms with Crippen LogP contribution in [0.4, 0.5) is 0 Å². The molecule has 2 unspecified atom stereocenters. The van der Waals surface area contributed by atoms with Crippen molar-refractivity contribution in [2.45, 2.75) is 30.6 Å². The summed E-state index contributed by atoms with van der Waals surface area (Å²) in [5.74, 6) is 0.654. The van der Waals surface area contributed by atoms with E-state index in [-0.39, 0.29) is 17.2 Å². The van der Waals surface area contributed by atoms with Crippen LogP contribution in [0.1, 0.15) is 30.7 Å². The summed E-state index contributed by atoms with van der Waals surface area (Å²) in [6.45, 7) is 0. The molecule has 116 valence electrons. The molecule has 0 radical (unpaired) electrons. The van der Waals surface area contributed by atoms with Gasteiger partial charge in [0.25, 0.3) is 0 Å². The Kier molecular flexibility index (Phi) is 4.97. The number of alkyl halides is 1. The van der Waals surface area contributed by atoms with E-state index in [9.17, 15) is 4.79 Å². The molecule has 2 aliphatic rings. The smallest absolute Gasteiger partial charge is 0.123 e. The van der Waals surface area contributed by atoms with Crippen LogP contribution in [-0.2, 0) is 4.79 Å². The zero-order valence-electron chi connectivity index (χ0n) is 12.0. The Hall–Kier alpha value is -0.760. The average molecular weight is 356 g/mol. The summed E-state index contributed by atoms with van der Waals surface area (Å²) in [5, 5.41) is 1.39. The quantitative estimate of drug-likeness (QED) is 0.495. The van der Waals surface area contributed by atoms with Crippen molar-refractivity contribution in [3.63, 3.8) is 0 Å². The van der Waals surface area contributed by atoms with E-state index >= 15 is 0 Å². The summed E-state index contributed by atoms with van der Waals surface area (Å²) in [5.41, 5.74) is 2.36. The fourth-order valence-electron chi connectivity index (χ4n) is 3.59. The first-order valence-electron chi connectivity index (χ1n) is 7.51. The number of allylic oxidation sites excluding steroid dienone is 4. The Balaban J connectivity index is 1.93. The minimum atomic E-state index is 0.0737. The maximum atomic E-state index is 11.3. The van der Waals surface area contributed by atoms with Gasteiger partial charge in [0, 0.05) is 16.0 Å². The highest BCUT2D eigenvalue weighted by atomic mass is 35.5. The van der Waals surface area contributed by atoms with Crippen LogP contribution in [0, 0.1) is 11.8 Å². The Labute approximate surface area is 145 Å². The summed E-state index contributed by atoms with van der Waals surface area (Å²) in [4.78, 5) is 11.3. The molecular formula is C18H17Cl3O. The number of halogens is 3. The van der Waals surface area contributed by atoms with Gasteiger partial charge in [-0.15, -0.1) is 11.6 Å². The topological polar surface area (TPSA) is 17.1 Å². The highest BCUT2D eigenvalue weighted by Crippen LogP contribution is 2.48. The van der Waals surface area contributed by atoms with Gasteiger partial charge in [-0.1, -0.05) is 47.5 Å². The number of benzene rings is 1. The first-order chi connectivity index (χ1) is 10.6. The monoisotopic (exact) mass is 354 g/mol. The second kappa shape index (κ2) is 6.78. The molecule has 4 atom stereocenters. The molecule has 0 bridgehead atoms. The minimum absolute atomic E-state index is 0.0737. The number of carbonyl (C=O) groups excluding carboxylic acids is 1. The predicted octanol–water partition coefficient (Wildman–Crippen LogP) is 5.80. The Morgan fingerprint density at radius 2 is 1.91 bits per heavy atom. The lowest BCUT2D eigenvalue weighted by Crippen LogP contribution is -2.11. The molecule has 0 spiro atoms. The lowest BCUT2D eigenvalue weighted by Gasteiger charge is -2.24. The van der Waals surface area contributed by atoms with Gasteiger partial charge in [-0.05, 0) is 54.4 Å². The minimum Gasteiger partial charge on any atom is -0.303 e. The molecule has 2 aliphatic carbocycles. The summed E-state index contributed by atoms with van der Waals surface area (Å²) in [7, 11) is 0. The number of hydrogen-bond acceptors (Lipinski definition) is 1. The molecule has 0 aromatic heterocycles. The van der Waals surface area contributed by atoms with Gasteiger partial charge in [-0.25, -0.2) is 0 Å². The molecule has 0 aliphatic heterocycles. The van der Waals surface area contributed by atoms with E-state index in [1.165, 1.54) is 5.57 Å². The van der Waals surface area contributed by atoms with Crippen molar-refractivity contribution in [2.24, 2.45) is 11.8 Å². The average Bonchev–Trinajstić information content (AvgIpc) is 2.92. The highest BCUT2D eigenvalue weighted by molar-refractivity contribution is 6.35. The first-order valence-corrected chi connectivity index (χ1v) is 8.70. The molecule has 0 heterocycles. The van der Waals surface area contributed by atoms with Crippen molar-refractivity contribution in [3.05, 3.63) is 57.6 Å². The first kappa shape index (κ1) is 16.1. The lowest BCUT2D eigenvalue weighted by atomic mass is 9.82. The van der Waals surface area contributed by atoms with E-state index in [0.29, 0.717) is 16.0 Å². The third-order valence-electron chi connectivity index (χ3n) is 4.66. The maximum absolute atomic E-state index is 11.3. The second-order valence-corrected chi connectivity index (χ2v) is 7.47. The summed E-state index contributed by atoms with van der Waals surface area (Å²) in [6, 6.07) is 5.64. The predicted molar refractivity (Wildman–Crippen MR) is 93.0 cm³/mol. The number of hydrogen-bond donors (Lipinski definition) is 0. The van der Waals surface area contributed by atoms with Gasteiger partial charge in [0.15, 0.2) is 0 Å². The van der Waals surface area contributed by atoms with Crippen LogP contribution in [0.3, 0.4) is 0 Å². The van der Waals surface area contributed by atoms with Crippen molar-refractivity contribution in [1.82, 2.24) is 0 Å². The molecule has 4 heteroatoms. The molecule has 22 heavy (non-hydrogen) atoms. The molecule has 1 fully saturated rings. The van der Waals surface area contributed by atoms with E-state index in [1.54, 1.807) is 6.07 Å².